The van der Waals surface area contributed by atoms with Crippen molar-refractivity contribution < 1.29 is 39.9 Å². The summed E-state index contributed by atoms with van der Waals surface area (Å²) < 4.78 is 0. The lowest BCUT2D eigenvalue weighted by Gasteiger charge is -2.30. The molecule has 0 spiro atoms. The Morgan fingerprint density at radius 2 is 1.56 bits per heavy atom. The van der Waals surface area contributed by atoms with Crippen LogP contribution in [-0.2, 0) is 14.4 Å². The van der Waals surface area contributed by atoms with Gasteiger partial charge >= 0.3 is 5.97 Å². The lowest BCUT2D eigenvalue weighted by Crippen LogP contribution is -2.58. The molecule has 0 saturated heterocycles. The van der Waals surface area contributed by atoms with E-state index in [4.69, 9.17) is 10.8 Å². The maximum absolute atomic E-state index is 12.4. The molecule has 0 bridgehead atoms. The highest BCUT2D eigenvalue weighted by Crippen LogP contribution is 2.17. The second-order valence-electron chi connectivity index (χ2n) is 8.03. The van der Waals surface area contributed by atoms with Crippen LogP contribution in [0.15, 0.2) is 30.3 Å². The first-order valence-electron chi connectivity index (χ1n) is 10.3. The van der Waals surface area contributed by atoms with E-state index in [2.05, 4.69) is 10.6 Å². The van der Waals surface area contributed by atoms with Gasteiger partial charge in [-0.25, -0.2) is 0 Å². The third kappa shape index (κ3) is 8.52. The van der Waals surface area contributed by atoms with Gasteiger partial charge < -0.3 is 41.9 Å². The summed E-state index contributed by atoms with van der Waals surface area (Å²) in [5.41, 5.74) is 6.22. The predicted molar refractivity (Wildman–Crippen MR) is 114 cm³/mol. The third-order valence-electron chi connectivity index (χ3n) is 4.84. The molecule has 6 atom stereocenters. The van der Waals surface area contributed by atoms with E-state index in [0.717, 1.165) is 0 Å². The molecule has 11 nitrogen and oxygen atoms in total. The number of aliphatic hydroxyl groups excluding tert-OH is 4. The number of nitrogens with one attached hydrogen (secondary N) is 2. The molecule has 2 amide bonds. The smallest absolute Gasteiger partial charge is 0.305 e. The molecule has 1 aromatic rings. The largest absolute Gasteiger partial charge is 0.481 e. The van der Waals surface area contributed by atoms with Gasteiger partial charge in [0.2, 0.25) is 5.91 Å². The number of aliphatic carboxylic acids is 1. The fourth-order valence-electron chi connectivity index (χ4n) is 3.09. The van der Waals surface area contributed by atoms with E-state index >= 15 is 0 Å². The van der Waals surface area contributed by atoms with Crippen LogP contribution in [0.25, 0.3) is 0 Å². The van der Waals surface area contributed by atoms with Crippen LogP contribution in [0.3, 0.4) is 0 Å². The zero-order valence-electron chi connectivity index (χ0n) is 18.1. The molecule has 180 valence electrons. The maximum Gasteiger partial charge on any atom is 0.305 e. The standard InChI is InChI=1S/C21H33N3O8/c1-11(2)8-13(22)20(31)24-15(10-25)17(28)18(29)19(30)21(32)23-14(9-16(26)27)12-6-4-3-5-7-12/h3-7,11,13-15,17-19,25,28-30H,8-10,22H2,1-2H3,(H,23,32)(H,24,31)(H,26,27)/t13-,14-,15-,17+,18+,19-/m0/s1. The number of hydrogen-bond acceptors (Lipinski definition) is 8. The number of benzene rings is 1. The number of carboxylic acid groups (broad SMARTS) is 1. The Morgan fingerprint density at radius 3 is 2.06 bits per heavy atom. The minimum atomic E-state index is -2.17. The number of carbonyl (C=O) groups is 3. The van der Waals surface area contributed by atoms with Gasteiger partial charge in [-0.2, -0.15) is 0 Å². The van der Waals surface area contributed by atoms with E-state index in [1.165, 1.54) is 0 Å². The number of carbonyl (C=O) groups excluding carboxylic acids is 2. The number of rotatable bonds is 13. The Balaban J connectivity index is 2.83. The first-order chi connectivity index (χ1) is 15.0. The van der Waals surface area contributed by atoms with Crippen molar-refractivity contribution in [1.29, 1.82) is 0 Å². The van der Waals surface area contributed by atoms with Crippen molar-refractivity contribution in [3.8, 4) is 0 Å². The maximum atomic E-state index is 12.4. The molecule has 1 aromatic carbocycles. The number of carboxylic acids is 1. The van der Waals surface area contributed by atoms with E-state index in [1.807, 2.05) is 13.8 Å². The lowest BCUT2D eigenvalue weighted by molar-refractivity contribution is -0.145. The minimum absolute atomic E-state index is 0.118. The molecule has 0 radical (unpaired) electrons. The average molecular weight is 456 g/mol. The van der Waals surface area contributed by atoms with Crippen LogP contribution in [0.5, 0.6) is 0 Å². The van der Waals surface area contributed by atoms with Crippen molar-refractivity contribution in [3.05, 3.63) is 35.9 Å². The van der Waals surface area contributed by atoms with Crippen LogP contribution in [0.4, 0.5) is 0 Å². The molecule has 1 rings (SSSR count). The number of aliphatic hydroxyl groups is 4. The van der Waals surface area contributed by atoms with E-state index in [0.29, 0.717) is 12.0 Å². The van der Waals surface area contributed by atoms with E-state index in [1.54, 1.807) is 30.3 Å². The zero-order valence-corrected chi connectivity index (χ0v) is 18.1. The summed E-state index contributed by atoms with van der Waals surface area (Å²) in [7, 11) is 0. The van der Waals surface area contributed by atoms with E-state index in [-0.39, 0.29) is 5.92 Å². The molecular weight excluding hydrogens is 422 g/mol. The SMILES string of the molecule is CC(C)C[C@H](N)C(=O)N[C@@H](CO)[C@@H](O)[C@@H](O)[C@H](O)C(=O)N[C@@H](CC(=O)O)c1ccccc1. The van der Waals surface area contributed by atoms with Crippen LogP contribution in [0, 0.1) is 5.92 Å². The van der Waals surface area contributed by atoms with E-state index < -0.39 is 67.2 Å². The molecule has 11 heteroatoms. The van der Waals surface area contributed by atoms with Crippen LogP contribution in [0.2, 0.25) is 0 Å². The number of nitrogens with two attached hydrogens (primary N) is 1. The number of amides is 2. The topological polar surface area (TPSA) is 202 Å². The van der Waals surface area contributed by atoms with Crippen molar-refractivity contribution in [1.82, 2.24) is 10.6 Å². The molecule has 0 fully saturated rings. The monoisotopic (exact) mass is 455 g/mol. The van der Waals surface area contributed by atoms with Gasteiger partial charge in [0.05, 0.1) is 31.2 Å². The van der Waals surface area contributed by atoms with Crippen LogP contribution < -0.4 is 16.4 Å². The van der Waals surface area contributed by atoms with Gasteiger partial charge in [0.25, 0.3) is 5.91 Å². The third-order valence-corrected chi connectivity index (χ3v) is 4.84. The zero-order chi connectivity index (χ0) is 24.4. The summed E-state index contributed by atoms with van der Waals surface area (Å²) in [6.45, 7) is 2.92. The second kappa shape index (κ2) is 13.1. The van der Waals surface area contributed by atoms with Crippen LogP contribution in [0.1, 0.15) is 38.3 Å². The Labute approximate surface area is 186 Å². The molecular formula is C21H33N3O8. The van der Waals surface area contributed by atoms with Crippen molar-refractivity contribution in [2.75, 3.05) is 6.61 Å². The summed E-state index contributed by atoms with van der Waals surface area (Å²) in [6.07, 6.45) is -6.30. The molecule has 0 saturated carbocycles. The Bertz CT molecular complexity index is 746. The molecule has 0 aliphatic heterocycles. The molecule has 0 unspecified atom stereocenters. The van der Waals surface area contributed by atoms with Gasteiger partial charge in [0.1, 0.15) is 12.2 Å². The molecule has 0 aliphatic carbocycles. The van der Waals surface area contributed by atoms with Crippen molar-refractivity contribution in [3.63, 3.8) is 0 Å². The van der Waals surface area contributed by atoms with Crippen LogP contribution in [-0.4, -0.2) is 80.3 Å². The van der Waals surface area contributed by atoms with Crippen molar-refractivity contribution in [2.24, 2.45) is 11.7 Å². The summed E-state index contributed by atoms with van der Waals surface area (Å²) in [4.78, 5) is 35.7. The minimum Gasteiger partial charge on any atom is -0.481 e. The predicted octanol–water partition coefficient (Wildman–Crippen LogP) is -1.75. The fourth-order valence-corrected chi connectivity index (χ4v) is 3.09. The molecule has 0 aromatic heterocycles. The lowest BCUT2D eigenvalue weighted by atomic mass is 9.98. The van der Waals surface area contributed by atoms with Gasteiger partial charge in [0, 0.05) is 0 Å². The van der Waals surface area contributed by atoms with Gasteiger partial charge in [-0.05, 0) is 17.9 Å². The first kappa shape index (κ1) is 27.5. The highest BCUT2D eigenvalue weighted by atomic mass is 16.4. The Hall–Kier alpha value is -2.57. The van der Waals surface area contributed by atoms with E-state index in [9.17, 15) is 34.8 Å². The molecule has 0 heterocycles. The summed E-state index contributed by atoms with van der Waals surface area (Å²) >= 11 is 0. The van der Waals surface area contributed by atoms with Gasteiger partial charge in [0.15, 0.2) is 6.10 Å². The van der Waals surface area contributed by atoms with Crippen molar-refractivity contribution in [2.45, 2.75) is 63.1 Å². The summed E-state index contributed by atoms with van der Waals surface area (Å²) in [5.74, 6) is -2.89. The summed E-state index contributed by atoms with van der Waals surface area (Å²) in [5, 5.41) is 54.0. The van der Waals surface area contributed by atoms with Gasteiger partial charge in [-0.15, -0.1) is 0 Å². The van der Waals surface area contributed by atoms with Gasteiger partial charge in [-0.3, -0.25) is 14.4 Å². The molecule has 32 heavy (non-hydrogen) atoms. The Kier molecular flexibility index (Phi) is 11.2. The normalized spacial score (nSPS) is 17.0. The Morgan fingerprint density at radius 1 is 0.969 bits per heavy atom. The van der Waals surface area contributed by atoms with Crippen molar-refractivity contribution >= 4 is 17.8 Å². The molecule has 0 aliphatic rings. The highest BCUT2D eigenvalue weighted by molar-refractivity contribution is 5.83. The second-order valence-corrected chi connectivity index (χ2v) is 8.03. The average Bonchev–Trinajstić information content (AvgIpc) is 2.74. The highest BCUT2D eigenvalue weighted by Gasteiger charge is 2.37. The molecule has 9 N–H and O–H groups in total. The summed E-state index contributed by atoms with van der Waals surface area (Å²) in [6, 6.07) is 4.85. The van der Waals surface area contributed by atoms with Crippen LogP contribution >= 0.6 is 0 Å². The fraction of sp³-hybridized carbons (Fsp3) is 0.571. The quantitative estimate of drug-likeness (QED) is 0.170. The number of hydrogen-bond donors (Lipinski definition) is 8. The first-order valence-corrected chi connectivity index (χ1v) is 10.3. The van der Waals surface area contributed by atoms with Gasteiger partial charge in [-0.1, -0.05) is 44.2 Å².